The van der Waals surface area contributed by atoms with E-state index in [-0.39, 0.29) is 0 Å². The first-order chi connectivity index (χ1) is 11.9. The van der Waals surface area contributed by atoms with Crippen LogP contribution in [-0.2, 0) is 4.74 Å². The van der Waals surface area contributed by atoms with E-state index in [0.29, 0.717) is 12.2 Å². The third kappa shape index (κ3) is 8.19. The molecule has 1 fully saturated rings. The number of ether oxygens (including phenoxy) is 2. The SMILES string of the molecule is CCCCCCCCCC(CCC1CCCO1)Oc1ccccc1. The van der Waals surface area contributed by atoms with Crippen molar-refractivity contribution >= 4 is 0 Å². The lowest BCUT2D eigenvalue weighted by molar-refractivity contribution is 0.0844. The van der Waals surface area contributed by atoms with E-state index in [1.807, 2.05) is 6.07 Å². The lowest BCUT2D eigenvalue weighted by Gasteiger charge is -2.21. The third-order valence-corrected chi connectivity index (χ3v) is 5.01. The van der Waals surface area contributed by atoms with Gasteiger partial charge in [-0.2, -0.15) is 0 Å². The molecular formula is C22H36O2. The number of benzene rings is 1. The molecule has 0 N–H and O–H groups in total. The van der Waals surface area contributed by atoms with E-state index in [2.05, 4.69) is 31.2 Å². The molecule has 1 aliphatic rings. The molecule has 0 spiro atoms. The smallest absolute Gasteiger partial charge is 0.119 e. The molecule has 0 aromatic heterocycles. The highest BCUT2D eigenvalue weighted by molar-refractivity contribution is 5.21. The van der Waals surface area contributed by atoms with Crippen molar-refractivity contribution in [3.8, 4) is 5.75 Å². The number of hydrogen-bond acceptors (Lipinski definition) is 2. The van der Waals surface area contributed by atoms with Gasteiger partial charge < -0.3 is 9.47 Å². The van der Waals surface area contributed by atoms with Gasteiger partial charge in [-0.3, -0.25) is 0 Å². The molecule has 2 heteroatoms. The fraction of sp³-hybridized carbons (Fsp3) is 0.727. The molecule has 0 aliphatic carbocycles. The Hall–Kier alpha value is -1.02. The Morgan fingerprint density at radius 1 is 1.00 bits per heavy atom. The van der Waals surface area contributed by atoms with Crippen molar-refractivity contribution in [3.05, 3.63) is 30.3 Å². The highest BCUT2D eigenvalue weighted by atomic mass is 16.5. The van der Waals surface area contributed by atoms with Crippen LogP contribution in [0, 0.1) is 0 Å². The predicted octanol–water partition coefficient (Wildman–Crippen LogP) is 6.53. The first kappa shape index (κ1) is 19.3. The van der Waals surface area contributed by atoms with E-state index in [1.54, 1.807) is 0 Å². The maximum Gasteiger partial charge on any atom is 0.119 e. The molecule has 136 valence electrons. The topological polar surface area (TPSA) is 18.5 Å². The molecule has 2 unspecified atom stereocenters. The Morgan fingerprint density at radius 3 is 2.46 bits per heavy atom. The van der Waals surface area contributed by atoms with Crippen LogP contribution >= 0.6 is 0 Å². The maximum atomic E-state index is 6.26. The van der Waals surface area contributed by atoms with Gasteiger partial charge in [-0.1, -0.05) is 63.6 Å². The van der Waals surface area contributed by atoms with Crippen molar-refractivity contribution in [1.82, 2.24) is 0 Å². The minimum atomic E-state index is 0.340. The molecule has 0 radical (unpaired) electrons. The zero-order valence-corrected chi connectivity index (χ0v) is 15.6. The van der Waals surface area contributed by atoms with Gasteiger partial charge in [-0.25, -0.2) is 0 Å². The van der Waals surface area contributed by atoms with Crippen molar-refractivity contribution < 1.29 is 9.47 Å². The first-order valence-electron chi connectivity index (χ1n) is 10.2. The number of unbranched alkanes of at least 4 members (excludes halogenated alkanes) is 6. The summed E-state index contributed by atoms with van der Waals surface area (Å²) < 4.78 is 12.0. The molecule has 0 amide bonds. The van der Waals surface area contributed by atoms with Gasteiger partial charge >= 0.3 is 0 Å². The van der Waals surface area contributed by atoms with Crippen molar-refractivity contribution in [2.75, 3.05) is 6.61 Å². The Bertz CT molecular complexity index is 398. The fourth-order valence-corrected chi connectivity index (χ4v) is 3.53. The number of hydrogen-bond donors (Lipinski definition) is 0. The van der Waals surface area contributed by atoms with E-state index in [0.717, 1.165) is 25.2 Å². The van der Waals surface area contributed by atoms with Crippen LogP contribution in [0.2, 0.25) is 0 Å². The Kier molecular flexibility index (Phi) is 9.94. The van der Waals surface area contributed by atoms with Crippen LogP contribution in [0.15, 0.2) is 30.3 Å². The molecular weight excluding hydrogens is 296 g/mol. The van der Waals surface area contributed by atoms with Crippen molar-refractivity contribution in [2.24, 2.45) is 0 Å². The Balaban J connectivity index is 1.68. The summed E-state index contributed by atoms with van der Waals surface area (Å²) in [5.41, 5.74) is 0. The van der Waals surface area contributed by atoms with E-state index in [1.165, 1.54) is 64.2 Å². The average Bonchev–Trinajstić information content (AvgIpc) is 3.13. The zero-order valence-electron chi connectivity index (χ0n) is 15.6. The van der Waals surface area contributed by atoms with Gasteiger partial charge in [0, 0.05) is 6.61 Å². The largest absolute Gasteiger partial charge is 0.490 e. The summed E-state index contributed by atoms with van der Waals surface area (Å²) in [6, 6.07) is 10.3. The van der Waals surface area contributed by atoms with E-state index in [9.17, 15) is 0 Å². The maximum absolute atomic E-state index is 6.26. The van der Waals surface area contributed by atoms with Crippen molar-refractivity contribution in [2.45, 2.75) is 96.2 Å². The molecule has 2 atom stereocenters. The lowest BCUT2D eigenvalue weighted by atomic mass is 10.0. The minimum absolute atomic E-state index is 0.340. The van der Waals surface area contributed by atoms with E-state index >= 15 is 0 Å². The molecule has 1 aromatic rings. The van der Waals surface area contributed by atoms with E-state index in [4.69, 9.17) is 9.47 Å². The van der Waals surface area contributed by atoms with Crippen LogP contribution in [0.25, 0.3) is 0 Å². The molecule has 1 heterocycles. The van der Waals surface area contributed by atoms with Gasteiger partial charge in [0.15, 0.2) is 0 Å². The van der Waals surface area contributed by atoms with Gasteiger partial charge in [-0.15, -0.1) is 0 Å². The van der Waals surface area contributed by atoms with Crippen LogP contribution in [0.3, 0.4) is 0 Å². The number of para-hydroxylation sites is 1. The van der Waals surface area contributed by atoms with Gasteiger partial charge in [0.1, 0.15) is 5.75 Å². The minimum Gasteiger partial charge on any atom is -0.490 e. The molecule has 2 rings (SSSR count). The summed E-state index contributed by atoms with van der Waals surface area (Å²) in [6.07, 6.45) is 16.2. The van der Waals surface area contributed by atoms with Crippen LogP contribution in [-0.4, -0.2) is 18.8 Å². The van der Waals surface area contributed by atoms with Crippen LogP contribution in [0.4, 0.5) is 0 Å². The summed E-state index contributed by atoms with van der Waals surface area (Å²) in [5, 5.41) is 0. The average molecular weight is 333 g/mol. The Labute approximate surface area is 148 Å². The lowest BCUT2D eigenvalue weighted by Crippen LogP contribution is -2.19. The second kappa shape index (κ2) is 12.4. The zero-order chi connectivity index (χ0) is 16.9. The van der Waals surface area contributed by atoms with Crippen LogP contribution in [0.5, 0.6) is 5.75 Å². The van der Waals surface area contributed by atoms with Crippen molar-refractivity contribution in [1.29, 1.82) is 0 Å². The van der Waals surface area contributed by atoms with Crippen LogP contribution < -0.4 is 4.74 Å². The van der Waals surface area contributed by atoms with Crippen LogP contribution in [0.1, 0.15) is 84.0 Å². The highest BCUT2D eigenvalue weighted by Crippen LogP contribution is 2.23. The van der Waals surface area contributed by atoms with Gasteiger partial charge in [0.25, 0.3) is 0 Å². The van der Waals surface area contributed by atoms with Gasteiger partial charge in [0.05, 0.1) is 12.2 Å². The van der Waals surface area contributed by atoms with Gasteiger partial charge in [0.2, 0.25) is 0 Å². The molecule has 2 nitrogen and oxygen atoms in total. The molecule has 0 bridgehead atoms. The standard InChI is InChI=1S/C22H36O2/c1-2-3-4-5-6-7-9-15-22(18-17-20-16-12-19-23-20)24-21-13-10-8-11-14-21/h8,10-11,13-14,20,22H,2-7,9,12,15-19H2,1H3. The molecule has 1 aliphatic heterocycles. The molecule has 24 heavy (non-hydrogen) atoms. The van der Waals surface area contributed by atoms with E-state index < -0.39 is 0 Å². The quantitative estimate of drug-likeness (QED) is 0.382. The second-order valence-corrected chi connectivity index (χ2v) is 7.18. The summed E-state index contributed by atoms with van der Waals surface area (Å²) in [6.45, 7) is 3.23. The molecule has 0 saturated carbocycles. The number of rotatable bonds is 13. The molecule has 1 aromatic carbocycles. The monoisotopic (exact) mass is 332 g/mol. The van der Waals surface area contributed by atoms with Gasteiger partial charge in [-0.05, 0) is 50.7 Å². The van der Waals surface area contributed by atoms with Crippen molar-refractivity contribution in [3.63, 3.8) is 0 Å². The predicted molar refractivity (Wildman–Crippen MR) is 102 cm³/mol. The normalized spacial score (nSPS) is 18.6. The summed E-state index contributed by atoms with van der Waals surface area (Å²) >= 11 is 0. The summed E-state index contributed by atoms with van der Waals surface area (Å²) in [4.78, 5) is 0. The second-order valence-electron chi connectivity index (χ2n) is 7.18. The fourth-order valence-electron chi connectivity index (χ4n) is 3.53. The summed E-state index contributed by atoms with van der Waals surface area (Å²) in [5.74, 6) is 1.01. The summed E-state index contributed by atoms with van der Waals surface area (Å²) in [7, 11) is 0. The Morgan fingerprint density at radius 2 is 1.75 bits per heavy atom. The third-order valence-electron chi connectivity index (χ3n) is 5.01. The molecule has 1 saturated heterocycles. The first-order valence-corrected chi connectivity index (χ1v) is 10.2. The highest BCUT2D eigenvalue weighted by Gasteiger charge is 2.18.